The number of hydrogen-bond donors (Lipinski definition) is 1. The van der Waals surface area contributed by atoms with Crippen molar-refractivity contribution >= 4 is 34.7 Å². The van der Waals surface area contributed by atoms with Gasteiger partial charge in [0.1, 0.15) is 11.5 Å². The fraction of sp³-hybridized carbons (Fsp3) is 0.179. The van der Waals surface area contributed by atoms with E-state index in [9.17, 15) is 9.59 Å². The van der Waals surface area contributed by atoms with Crippen LogP contribution in [0.15, 0.2) is 109 Å². The van der Waals surface area contributed by atoms with Crippen molar-refractivity contribution in [2.45, 2.75) is 33.3 Å². The topological polar surface area (TPSA) is 71.1 Å². The maximum atomic E-state index is 14.7. The number of amides is 2. The number of hydrogen-bond acceptors (Lipinski definition) is 5. The monoisotopic (exact) mass is 609 g/mol. The Bertz CT molecular complexity index is 1980. The SMILES string of the molecule is CCN(CC)c1ccc(C)c(N(C(=O)Nc2ccc(C)cc2)c2cccc3c2C2(OC(=O)c4ccccc42)c2ccccc2O3)c1. The molecule has 7 heteroatoms. The molecule has 0 bridgehead atoms. The van der Waals surface area contributed by atoms with E-state index in [1.165, 1.54) is 0 Å². The Kier molecular flexibility index (Phi) is 7.24. The van der Waals surface area contributed by atoms with E-state index in [4.69, 9.17) is 9.47 Å². The third-order valence-electron chi connectivity index (χ3n) is 8.92. The van der Waals surface area contributed by atoms with Gasteiger partial charge >= 0.3 is 12.0 Å². The number of carbonyl (C=O) groups is 2. The van der Waals surface area contributed by atoms with E-state index in [1.54, 1.807) is 11.0 Å². The van der Waals surface area contributed by atoms with Gasteiger partial charge in [0.2, 0.25) is 0 Å². The van der Waals surface area contributed by atoms with E-state index in [1.807, 2.05) is 105 Å². The van der Waals surface area contributed by atoms with Crippen LogP contribution in [0.3, 0.4) is 0 Å². The normalized spacial score (nSPS) is 15.7. The zero-order chi connectivity index (χ0) is 32.0. The molecule has 1 spiro atoms. The standard InChI is InChI=1S/C39H35N3O4/c1-5-41(6-2)28-23-20-26(4)33(24-28)42(38(44)40-27-21-18-25(3)19-22-27)32-15-11-17-35-36(32)39(31-14-9-10-16-34(31)45-35)30-13-8-7-12-29(30)37(43)46-39/h7-24H,5-6H2,1-4H3,(H,40,44). The van der Waals surface area contributed by atoms with Crippen molar-refractivity contribution in [1.82, 2.24) is 0 Å². The second kappa shape index (κ2) is 11.4. The lowest BCUT2D eigenvalue weighted by molar-refractivity contribution is 0.0226. The molecule has 230 valence electrons. The molecule has 0 radical (unpaired) electrons. The lowest BCUT2D eigenvalue weighted by atomic mass is 9.76. The number of esters is 1. The number of para-hydroxylation sites is 1. The third-order valence-corrected chi connectivity index (χ3v) is 8.92. The maximum Gasteiger partial charge on any atom is 0.340 e. The predicted molar refractivity (Wildman–Crippen MR) is 182 cm³/mol. The van der Waals surface area contributed by atoms with Gasteiger partial charge in [-0.3, -0.25) is 4.90 Å². The first-order valence-corrected chi connectivity index (χ1v) is 15.6. The molecule has 5 aromatic carbocycles. The molecule has 2 heterocycles. The Morgan fingerprint density at radius 1 is 0.761 bits per heavy atom. The van der Waals surface area contributed by atoms with Gasteiger partial charge in [0.25, 0.3) is 0 Å². The summed E-state index contributed by atoms with van der Waals surface area (Å²) in [6.45, 7) is 9.86. The number of anilines is 4. The van der Waals surface area contributed by atoms with Crippen LogP contribution in [-0.2, 0) is 10.3 Å². The van der Waals surface area contributed by atoms with Gasteiger partial charge in [0, 0.05) is 35.6 Å². The van der Waals surface area contributed by atoms with Crippen molar-refractivity contribution in [3.63, 3.8) is 0 Å². The van der Waals surface area contributed by atoms with Crippen LogP contribution in [0.25, 0.3) is 0 Å². The van der Waals surface area contributed by atoms with Crippen molar-refractivity contribution in [3.05, 3.63) is 143 Å². The summed E-state index contributed by atoms with van der Waals surface area (Å²) in [6, 6.07) is 34.2. The summed E-state index contributed by atoms with van der Waals surface area (Å²) >= 11 is 0. The Morgan fingerprint density at radius 2 is 1.46 bits per heavy atom. The number of fused-ring (bicyclic) bond motifs is 6. The van der Waals surface area contributed by atoms with Crippen LogP contribution in [0.2, 0.25) is 0 Å². The summed E-state index contributed by atoms with van der Waals surface area (Å²) in [5.74, 6) is 0.668. The molecule has 0 fully saturated rings. The van der Waals surface area contributed by atoms with Crippen LogP contribution < -0.4 is 19.9 Å². The van der Waals surface area contributed by atoms with E-state index >= 15 is 0 Å². The summed E-state index contributed by atoms with van der Waals surface area (Å²) in [7, 11) is 0. The van der Waals surface area contributed by atoms with Crippen molar-refractivity contribution in [3.8, 4) is 11.5 Å². The van der Waals surface area contributed by atoms with Gasteiger partial charge in [-0.1, -0.05) is 66.2 Å². The van der Waals surface area contributed by atoms with Gasteiger partial charge in [-0.2, -0.15) is 0 Å². The van der Waals surface area contributed by atoms with Crippen LogP contribution in [0, 0.1) is 13.8 Å². The number of nitrogens with one attached hydrogen (secondary N) is 1. The summed E-state index contributed by atoms with van der Waals surface area (Å²) < 4.78 is 13.0. The lowest BCUT2D eigenvalue weighted by Gasteiger charge is -2.39. The van der Waals surface area contributed by atoms with Crippen LogP contribution in [-0.4, -0.2) is 25.1 Å². The lowest BCUT2D eigenvalue weighted by Crippen LogP contribution is -2.38. The molecule has 0 saturated carbocycles. The zero-order valence-electron chi connectivity index (χ0n) is 26.3. The average molecular weight is 610 g/mol. The quantitative estimate of drug-likeness (QED) is 0.195. The van der Waals surface area contributed by atoms with E-state index in [0.717, 1.165) is 29.9 Å². The highest BCUT2D eigenvalue weighted by Gasteiger charge is 2.55. The summed E-state index contributed by atoms with van der Waals surface area (Å²) in [6.07, 6.45) is 0. The number of ether oxygens (including phenoxy) is 2. The maximum absolute atomic E-state index is 14.7. The number of rotatable bonds is 6. The molecule has 0 aromatic heterocycles. The van der Waals surface area contributed by atoms with Crippen molar-refractivity contribution < 1.29 is 19.1 Å². The van der Waals surface area contributed by atoms with Gasteiger partial charge in [0.15, 0.2) is 5.60 Å². The molecule has 5 aromatic rings. The minimum absolute atomic E-state index is 0.358. The van der Waals surface area contributed by atoms with E-state index in [0.29, 0.717) is 50.8 Å². The molecule has 1 atom stereocenters. The number of carbonyl (C=O) groups excluding carboxylic acids is 2. The molecule has 2 aliphatic heterocycles. The van der Waals surface area contributed by atoms with Crippen LogP contribution in [0.5, 0.6) is 11.5 Å². The van der Waals surface area contributed by atoms with Crippen LogP contribution in [0.1, 0.15) is 52.0 Å². The second-order valence-corrected chi connectivity index (χ2v) is 11.6. The van der Waals surface area contributed by atoms with E-state index in [-0.39, 0.29) is 6.03 Å². The van der Waals surface area contributed by atoms with Crippen LogP contribution in [0.4, 0.5) is 27.5 Å². The fourth-order valence-corrected chi connectivity index (χ4v) is 6.64. The van der Waals surface area contributed by atoms with E-state index < -0.39 is 11.6 Å². The van der Waals surface area contributed by atoms with Crippen molar-refractivity contribution in [1.29, 1.82) is 0 Å². The molecule has 0 aliphatic carbocycles. The first-order chi connectivity index (χ1) is 22.3. The number of benzene rings is 5. The highest BCUT2D eigenvalue weighted by Crippen LogP contribution is 2.59. The molecule has 46 heavy (non-hydrogen) atoms. The summed E-state index contributed by atoms with van der Waals surface area (Å²) in [5, 5.41) is 3.13. The Labute approximate surface area is 269 Å². The number of nitrogens with zero attached hydrogens (tertiary/aromatic N) is 2. The number of urea groups is 1. The first kappa shape index (κ1) is 29.2. The molecule has 7 nitrogen and oxygen atoms in total. The molecule has 0 saturated heterocycles. The van der Waals surface area contributed by atoms with Gasteiger partial charge < -0.3 is 19.7 Å². The molecule has 1 unspecified atom stereocenters. The van der Waals surface area contributed by atoms with Gasteiger partial charge in [0.05, 0.1) is 22.5 Å². The minimum atomic E-state index is -1.35. The highest BCUT2D eigenvalue weighted by molar-refractivity contribution is 6.09. The molecular formula is C39H35N3O4. The van der Waals surface area contributed by atoms with E-state index in [2.05, 4.69) is 36.2 Å². The largest absolute Gasteiger partial charge is 0.456 e. The Balaban J connectivity index is 1.51. The first-order valence-electron chi connectivity index (χ1n) is 15.6. The smallest absolute Gasteiger partial charge is 0.340 e. The minimum Gasteiger partial charge on any atom is -0.456 e. The number of aryl methyl sites for hydroxylation is 2. The van der Waals surface area contributed by atoms with Gasteiger partial charge in [-0.05, 0) is 81.8 Å². The van der Waals surface area contributed by atoms with Gasteiger partial charge in [-0.15, -0.1) is 0 Å². The third kappa shape index (κ3) is 4.58. The predicted octanol–water partition coefficient (Wildman–Crippen LogP) is 9.09. The molecule has 1 N–H and O–H groups in total. The summed E-state index contributed by atoms with van der Waals surface area (Å²) in [4.78, 5) is 32.2. The molecular weight excluding hydrogens is 574 g/mol. The van der Waals surface area contributed by atoms with Crippen molar-refractivity contribution in [2.75, 3.05) is 28.2 Å². The molecule has 2 amide bonds. The fourth-order valence-electron chi connectivity index (χ4n) is 6.64. The summed E-state index contributed by atoms with van der Waals surface area (Å²) in [5.41, 5.74) is 6.02. The van der Waals surface area contributed by atoms with Gasteiger partial charge in [-0.25, -0.2) is 9.59 Å². The Morgan fingerprint density at radius 3 is 2.22 bits per heavy atom. The molecule has 7 rings (SSSR count). The second-order valence-electron chi connectivity index (χ2n) is 11.6. The average Bonchev–Trinajstić information content (AvgIpc) is 3.36. The zero-order valence-corrected chi connectivity index (χ0v) is 26.3. The molecule has 2 aliphatic rings. The van der Waals surface area contributed by atoms with Crippen molar-refractivity contribution in [2.24, 2.45) is 0 Å². The van der Waals surface area contributed by atoms with Crippen LogP contribution >= 0.6 is 0 Å². The highest BCUT2D eigenvalue weighted by atomic mass is 16.6. The Hall–Kier alpha value is -5.56.